The lowest BCUT2D eigenvalue weighted by Crippen LogP contribution is -2.50. The third-order valence-corrected chi connectivity index (χ3v) is 6.39. The number of nitro groups is 1. The van der Waals surface area contributed by atoms with Crippen LogP contribution in [0.25, 0.3) is 0 Å². The fourth-order valence-corrected chi connectivity index (χ4v) is 4.23. The van der Waals surface area contributed by atoms with Crippen LogP contribution in [-0.4, -0.2) is 42.2 Å². The highest BCUT2D eigenvalue weighted by molar-refractivity contribution is 6.34. The van der Waals surface area contributed by atoms with Crippen LogP contribution in [0.1, 0.15) is 33.2 Å². The molecule has 0 spiro atoms. The number of rotatable bonds is 9. The van der Waals surface area contributed by atoms with Crippen molar-refractivity contribution in [3.05, 3.63) is 92.2 Å². The number of nitro benzene ring substituents is 1. The highest BCUT2D eigenvalue weighted by Gasteiger charge is 2.73. The minimum Gasteiger partial charge on any atom is -0.433 e. The molecule has 0 atom stereocenters. The number of carbonyl (C=O) groups excluding carboxylic acids is 2. The van der Waals surface area contributed by atoms with Gasteiger partial charge in [-0.3, -0.25) is 19.7 Å². The molecule has 0 aliphatic carbocycles. The van der Waals surface area contributed by atoms with Crippen molar-refractivity contribution in [2.75, 3.05) is 16.8 Å². The molecule has 0 aromatic heterocycles. The van der Waals surface area contributed by atoms with Crippen LogP contribution in [0.2, 0.25) is 5.02 Å². The molecule has 0 saturated carbocycles. The van der Waals surface area contributed by atoms with Gasteiger partial charge in [-0.25, -0.2) is 8.78 Å². The Morgan fingerprint density at radius 1 is 1.00 bits per heavy atom. The van der Waals surface area contributed by atoms with Crippen molar-refractivity contribution in [2.45, 2.75) is 31.6 Å². The van der Waals surface area contributed by atoms with Crippen LogP contribution in [0, 0.1) is 15.9 Å². The van der Waals surface area contributed by atoms with E-state index in [1.807, 2.05) is 0 Å². The monoisotopic (exact) mass is 675 g/mol. The zero-order chi connectivity index (χ0) is 34.1. The van der Waals surface area contributed by atoms with E-state index < -0.39 is 86.5 Å². The van der Waals surface area contributed by atoms with Gasteiger partial charge in [-0.1, -0.05) is 17.7 Å². The molecule has 0 bridgehead atoms. The summed E-state index contributed by atoms with van der Waals surface area (Å²) in [5, 5.41) is 11.3. The first kappa shape index (κ1) is 34.9. The molecule has 3 aromatic carbocycles. The second-order valence-electron chi connectivity index (χ2n) is 8.81. The van der Waals surface area contributed by atoms with Crippen LogP contribution in [-0.2, 0) is 5.67 Å². The van der Waals surface area contributed by atoms with Gasteiger partial charge >= 0.3 is 24.6 Å². The van der Waals surface area contributed by atoms with E-state index in [9.17, 15) is 59.2 Å². The topological polar surface area (TPSA) is 102 Å². The number of nitrogens with zero attached hydrogens (tertiary/aromatic N) is 2. The van der Waals surface area contributed by atoms with E-state index in [-0.39, 0.29) is 23.9 Å². The highest BCUT2D eigenvalue weighted by Crippen LogP contribution is 2.55. The van der Waals surface area contributed by atoms with Crippen LogP contribution >= 0.6 is 11.6 Å². The Hall–Kier alpha value is -4.61. The Morgan fingerprint density at radius 2 is 1.58 bits per heavy atom. The van der Waals surface area contributed by atoms with Gasteiger partial charge in [0.25, 0.3) is 17.5 Å². The summed E-state index contributed by atoms with van der Waals surface area (Å²) in [6, 6.07) is 6.46. The van der Waals surface area contributed by atoms with Crippen molar-refractivity contribution in [3.63, 3.8) is 0 Å². The number of halogens is 11. The van der Waals surface area contributed by atoms with Gasteiger partial charge in [0.05, 0.1) is 21.2 Å². The van der Waals surface area contributed by atoms with Gasteiger partial charge in [-0.05, 0) is 43.3 Å². The molecule has 45 heavy (non-hydrogen) atoms. The Kier molecular flexibility index (Phi) is 9.91. The second kappa shape index (κ2) is 12.8. The molecular weight excluding hydrogens is 660 g/mol. The quantitative estimate of drug-likeness (QED) is 0.140. The first-order chi connectivity index (χ1) is 20.7. The molecule has 0 aliphatic rings. The van der Waals surface area contributed by atoms with E-state index in [4.69, 9.17) is 11.6 Å². The first-order valence-corrected chi connectivity index (χ1v) is 12.4. The lowest BCUT2D eigenvalue weighted by Gasteiger charge is -2.31. The molecule has 8 nitrogen and oxygen atoms in total. The normalized spacial score (nSPS) is 12.2. The minimum absolute atomic E-state index is 0.126. The minimum atomic E-state index is -6.65. The molecule has 0 unspecified atom stereocenters. The summed E-state index contributed by atoms with van der Waals surface area (Å²) in [4.78, 5) is 36.9. The summed E-state index contributed by atoms with van der Waals surface area (Å²) in [7, 11) is 0. The maximum Gasteiger partial charge on any atom is 0.435 e. The van der Waals surface area contributed by atoms with E-state index in [1.54, 1.807) is 5.32 Å². The van der Waals surface area contributed by atoms with Gasteiger partial charge in [0, 0.05) is 29.8 Å². The number of alkyl halides is 9. The lowest BCUT2D eigenvalue weighted by atomic mass is 9.93. The molecule has 0 radical (unpaired) electrons. The average molecular weight is 676 g/mol. The average Bonchev–Trinajstić information content (AvgIpc) is 2.93. The molecule has 2 amide bonds. The number of carbonyl (C=O) groups is 2. The summed E-state index contributed by atoms with van der Waals surface area (Å²) in [5.74, 6) is -5.47. The summed E-state index contributed by atoms with van der Waals surface area (Å²) < 4.78 is 140. The SMILES string of the molecule is CCN(C(=O)c1ccc([N+](=O)[O-])cc1)c1cccc(C(=O)Nc2c(Cl)cc(C(F)(C(F)(F)F)C(F)(F)F)cc2OC(F)F)c1F. The maximum atomic E-state index is 15.6. The van der Waals surface area contributed by atoms with Gasteiger partial charge in [0.1, 0.15) is 5.69 Å². The van der Waals surface area contributed by atoms with Gasteiger partial charge in [-0.2, -0.15) is 35.1 Å². The van der Waals surface area contributed by atoms with Crippen molar-refractivity contribution in [1.29, 1.82) is 0 Å². The largest absolute Gasteiger partial charge is 0.435 e. The number of amides is 2. The number of hydrogen-bond acceptors (Lipinski definition) is 5. The van der Waals surface area contributed by atoms with Crippen LogP contribution < -0.4 is 15.0 Å². The Bertz CT molecular complexity index is 1600. The first-order valence-electron chi connectivity index (χ1n) is 12.0. The third-order valence-electron chi connectivity index (χ3n) is 6.09. The van der Waals surface area contributed by atoms with Gasteiger partial charge in [-0.15, -0.1) is 0 Å². The van der Waals surface area contributed by atoms with Gasteiger partial charge in [0.15, 0.2) is 11.6 Å². The molecule has 242 valence electrons. The van der Waals surface area contributed by atoms with E-state index in [0.717, 1.165) is 47.4 Å². The summed E-state index contributed by atoms with van der Waals surface area (Å²) in [6.07, 6.45) is -13.3. The molecule has 0 fully saturated rings. The van der Waals surface area contributed by atoms with Crippen molar-refractivity contribution in [2.24, 2.45) is 0 Å². The predicted octanol–water partition coefficient (Wildman–Crippen LogP) is 8.20. The number of ether oxygens (including phenoxy) is 1. The predicted molar refractivity (Wildman–Crippen MR) is 138 cm³/mol. The van der Waals surface area contributed by atoms with Crippen molar-refractivity contribution < 1.29 is 63.2 Å². The molecule has 0 heterocycles. The fraction of sp³-hybridized carbons (Fsp3) is 0.231. The molecular formula is C26H16ClF10N3O5. The van der Waals surface area contributed by atoms with Crippen LogP contribution in [0.3, 0.4) is 0 Å². The van der Waals surface area contributed by atoms with Gasteiger partial charge in [0.2, 0.25) is 0 Å². The molecule has 0 saturated heterocycles. The van der Waals surface area contributed by atoms with Crippen LogP contribution in [0.15, 0.2) is 54.6 Å². The number of non-ortho nitro benzene ring substituents is 1. The van der Waals surface area contributed by atoms with E-state index in [1.165, 1.54) is 6.92 Å². The smallest absolute Gasteiger partial charge is 0.433 e. The van der Waals surface area contributed by atoms with E-state index in [2.05, 4.69) is 4.74 Å². The van der Waals surface area contributed by atoms with Gasteiger partial charge < -0.3 is 15.0 Å². The number of hydrogen-bond donors (Lipinski definition) is 1. The number of benzene rings is 3. The van der Waals surface area contributed by atoms with Crippen molar-refractivity contribution in [3.8, 4) is 5.75 Å². The van der Waals surface area contributed by atoms with Crippen LogP contribution in [0.5, 0.6) is 5.75 Å². The maximum absolute atomic E-state index is 15.6. The number of nitrogens with one attached hydrogen (secondary N) is 1. The summed E-state index contributed by atoms with van der Waals surface area (Å²) in [5.41, 5.74) is -11.5. The zero-order valence-corrected chi connectivity index (χ0v) is 22.8. The second-order valence-corrected chi connectivity index (χ2v) is 9.22. The lowest BCUT2D eigenvalue weighted by molar-refractivity contribution is -0.384. The van der Waals surface area contributed by atoms with Crippen molar-refractivity contribution >= 4 is 40.5 Å². The highest BCUT2D eigenvalue weighted by atomic mass is 35.5. The molecule has 1 N–H and O–H groups in total. The summed E-state index contributed by atoms with van der Waals surface area (Å²) >= 11 is 5.71. The Labute approximate surface area is 250 Å². The molecule has 3 rings (SSSR count). The molecule has 19 heteroatoms. The van der Waals surface area contributed by atoms with E-state index >= 15 is 4.39 Å². The van der Waals surface area contributed by atoms with Crippen LogP contribution in [0.4, 0.5) is 61.0 Å². The molecule has 0 aliphatic heterocycles. The molecule has 3 aromatic rings. The Morgan fingerprint density at radius 3 is 2.07 bits per heavy atom. The van der Waals surface area contributed by atoms with E-state index in [0.29, 0.717) is 0 Å². The zero-order valence-electron chi connectivity index (χ0n) is 22.1. The standard InChI is InChI=1S/C26H16ClF10N3O5/c1-2-39(22(42)12-6-8-14(9-7-12)40(43)44)17-5-3-4-15(19(17)28)21(41)38-20-16(27)10-13(11-18(20)45-23(29)30)24(31,25(32,33)34)26(35,36)37/h3-11,23H,2H2,1H3,(H,38,41). The fourth-order valence-electron chi connectivity index (χ4n) is 3.97. The Balaban J connectivity index is 2.05. The number of anilines is 2. The van der Waals surface area contributed by atoms with Crippen molar-refractivity contribution in [1.82, 2.24) is 0 Å². The third kappa shape index (κ3) is 6.89. The summed E-state index contributed by atoms with van der Waals surface area (Å²) in [6.45, 7) is -2.75.